The van der Waals surface area contributed by atoms with Crippen molar-refractivity contribution in [1.29, 1.82) is 0 Å². The average Bonchev–Trinajstić information content (AvgIpc) is 3.47. The van der Waals surface area contributed by atoms with Crippen LogP contribution < -0.4 is 10.1 Å². The van der Waals surface area contributed by atoms with Crippen molar-refractivity contribution in [2.24, 2.45) is 11.8 Å². The minimum Gasteiger partial charge on any atom is -0.491 e. The summed E-state index contributed by atoms with van der Waals surface area (Å²) in [6, 6.07) is 1.87. The van der Waals surface area contributed by atoms with E-state index in [1.54, 1.807) is 0 Å². The van der Waals surface area contributed by atoms with Crippen LogP contribution in [-0.4, -0.2) is 40.1 Å². The van der Waals surface area contributed by atoms with Crippen molar-refractivity contribution >= 4 is 17.2 Å². The zero-order valence-electron chi connectivity index (χ0n) is 16.1. The third kappa shape index (κ3) is 2.90. The van der Waals surface area contributed by atoms with Crippen LogP contribution in [0.4, 0.5) is 5.69 Å². The molecule has 1 amide bonds. The molecule has 8 heteroatoms. The molecule has 150 valence electrons. The van der Waals surface area contributed by atoms with Crippen LogP contribution in [-0.2, 0) is 4.74 Å². The first-order chi connectivity index (χ1) is 14.2. The van der Waals surface area contributed by atoms with E-state index in [9.17, 15) is 4.79 Å². The number of carbonyl (C=O) groups excluding carboxylic acids is 1. The Morgan fingerprint density at radius 1 is 1.28 bits per heavy atom. The molecule has 2 atom stereocenters. The molecule has 2 aliphatic carbocycles. The summed E-state index contributed by atoms with van der Waals surface area (Å²) in [5, 5.41) is 2.92. The van der Waals surface area contributed by atoms with Crippen molar-refractivity contribution in [3.63, 3.8) is 0 Å². The molecular formula is C21H22N4O4. The Labute approximate surface area is 167 Å². The number of carbonyl (C=O) groups is 1. The summed E-state index contributed by atoms with van der Waals surface area (Å²) in [5.41, 5.74) is 2.76. The number of amides is 1. The molecule has 29 heavy (non-hydrogen) atoms. The molecule has 0 spiro atoms. The maximum Gasteiger partial charge on any atom is 0.277 e. The van der Waals surface area contributed by atoms with Crippen LogP contribution in [0.2, 0.25) is 0 Å². The van der Waals surface area contributed by atoms with E-state index in [0.717, 1.165) is 37.4 Å². The second-order valence-corrected chi connectivity index (χ2v) is 8.11. The summed E-state index contributed by atoms with van der Waals surface area (Å²) in [5.74, 6) is 2.97. The molecule has 2 saturated carbocycles. The van der Waals surface area contributed by atoms with Crippen molar-refractivity contribution in [2.75, 3.05) is 25.1 Å². The summed E-state index contributed by atoms with van der Waals surface area (Å²) in [4.78, 5) is 21.8. The van der Waals surface area contributed by atoms with Gasteiger partial charge in [0.2, 0.25) is 0 Å². The van der Waals surface area contributed by atoms with Crippen LogP contribution in [0.1, 0.15) is 53.7 Å². The van der Waals surface area contributed by atoms with Gasteiger partial charge in [-0.15, -0.1) is 0 Å². The number of hydrogen-bond acceptors (Lipinski definition) is 6. The highest BCUT2D eigenvalue weighted by Gasteiger charge is 2.55. The molecule has 3 aliphatic rings. The third-order valence-electron chi connectivity index (χ3n) is 6.10. The Hall–Kier alpha value is -2.87. The van der Waals surface area contributed by atoms with Gasteiger partial charge in [-0.1, -0.05) is 0 Å². The molecule has 3 fully saturated rings. The van der Waals surface area contributed by atoms with E-state index in [1.807, 2.05) is 29.8 Å². The fourth-order valence-corrected chi connectivity index (χ4v) is 4.34. The largest absolute Gasteiger partial charge is 0.491 e. The summed E-state index contributed by atoms with van der Waals surface area (Å²) < 4.78 is 18.6. The standard InChI is InChI=1S/C21H22N4O4/c1-2-28-17-5-18-22-15(19-12-8-27-9-13(12)19)7-25(18)6-14(17)23-20(26)16-10-29-21(24-16)11-3-4-11/h5-7,10-13,19H,2-4,8-9H2,1H3,(H,23,26). The van der Waals surface area contributed by atoms with Gasteiger partial charge in [0, 0.05) is 30.3 Å². The lowest BCUT2D eigenvalue weighted by atomic mass is 10.2. The molecule has 3 aromatic heterocycles. The molecule has 2 unspecified atom stereocenters. The molecule has 0 aromatic carbocycles. The van der Waals surface area contributed by atoms with Crippen molar-refractivity contribution < 1.29 is 18.7 Å². The summed E-state index contributed by atoms with van der Waals surface area (Å²) in [6.45, 7) is 4.06. The first-order valence-corrected chi connectivity index (χ1v) is 10.2. The normalized spacial score (nSPS) is 25.2. The van der Waals surface area contributed by atoms with Crippen LogP contribution >= 0.6 is 0 Å². The molecule has 1 N–H and O–H groups in total. The van der Waals surface area contributed by atoms with Crippen LogP contribution in [0.5, 0.6) is 5.75 Å². The Morgan fingerprint density at radius 3 is 2.86 bits per heavy atom. The van der Waals surface area contributed by atoms with Gasteiger partial charge in [0.05, 0.1) is 25.5 Å². The van der Waals surface area contributed by atoms with Gasteiger partial charge in [-0.05, 0) is 31.6 Å². The van der Waals surface area contributed by atoms with Crippen LogP contribution in [0.15, 0.2) is 29.1 Å². The number of fused-ring (bicyclic) bond motifs is 2. The van der Waals surface area contributed by atoms with E-state index in [1.165, 1.54) is 6.26 Å². The number of aromatic nitrogens is 3. The van der Waals surface area contributed by atoms with Gasteiger partial charge >= 0.3 is 0 Å². The van der Waals surface area contributed by atoms with Gasteiger partial charge in [-0.2, -0.15) is 0 Å². The number of nitrogens with one attached hydrogen (secondary N) is 1. The fourth-order valence-electron chi connectivity index (χ4n) is 4.34. The second-order valence-electron chi connectivity index (χ2n) is 8.11. The van der Waals surface area contributed by atoms with E-state index in [-0.39, 0.29) is 11.6 Å². The molecule has 3 aromatic rings. The number of oxazole rings is 1. The van der Waals surface area contributed by atoms with E-state index in [4.69, 9.17) is 18.9 Å². The smallest absolute Gasteiger partial charge is 0.277 e. The number of nitrogens with zero attached hydrogens (tertiary/aromatic N) is 3. The molecule has 4 heterocycles. The van der Waals surface area contributed by atoms with Crippen LogP contribution in [0.25, 0.3) is 5.65 Å². The number of ether oxygens (including phenoxy) is 2. The number of imidazole rings is 1. The van der Waals surface area contributed by atoms with Gasteiger partial charge in [-0.25, -0.2) is 9.97 Å². The van der Waals surface area contributed by atoms with Crippen molar-refractivity contribution in [3.8, 4) is 5.75 Å². The average molecular weight is 394 g/mol. The fraction of sp³-hybridized carbons (Fsp3) is 0.476. The lowest BCUT2D eigenvalue weighted by molar-refractivity contribution is 0.102. The van der Waals surface area contributed by atoms with Crippen molar-refractivity contribution in [2.45, 2.75) is 31.6 Å². The lowest BCUT2D eigenvalue weighted by Gasteiger charge is -2.11. The highest BCUT2D eigenvalue weighted by Crippen LogP contribution is 2.57. The number of rotatable bonds is 6. The topological polar surface area (TPSA) is 90.9 Å². The predicted octanol–water partition coefficient (Wildman–Crippen LogP) is 3.21. The third-order valence-corrected chi connectivity index (χ3v) is 6.10. The minimum atomic E-state index is -0.310. The van der Waals surface area contributed by atoms with Crippen LogP contribution in [0, 0.1) is 11.8 Å². The Morgan fingerprint density at radius 2 is 2.10 bits per heavy atom. The van der Waals surface area contributed by atoms with Crippen LogP contribution in [0.3, 0.4) is 0 Å². The highest BCUT2D eigenvalue weighted by molar-refractivity contribution is 6.03. The first-order valence-electron chi connectivity index (χ1n) is 10.2. The van der Waals surface area contributed by atoms with Gasteiger partial charge in [0.1, 0.15) is 23.3 Å². The summed E-state index contributed by atoms with van der Waals surface area (Å²) in [6.07, 6.45) is 7.47. The highest BCUT2D eigenvalue weighted by atomic mass is 16.5. The molecule has 1 saturated heterocycles. The molecule has 1 aliphatic heterocycles. The zero-order chi connectivity index (χ0) is 19.5. The maximum atomic E-state index is 12.7. The predicted molar refractivity (Wildman–Crippen MR) is 103 cm³/mol. The van der Waals surface area contributed by atoms with E-state index < -0.39 is 0 Å². The number of hydrogen-bond donors (Lipinski definition) is 1. The number of anilines is 1. The second kappa shape index (κ2) is 6.32. The van der Waals surface area contributed by atoms with E-state index in [2.05, 4.69) is 10.3 Å². The van der Waals surface area contributed by atoms with Gasteiger partial charge in [0.15, 0.2) is 11.6 Å². The Balaban J connectivity index is 1.29. The minimum absolute atomic E-state index is 0.284. The van der Waals surface area contributed by atoms with Gasteiger partial charge in [-0.3, -0.25) is 4.79 Å². The Bertz CT molecular complexity index is 1090. The summed E-state index contributed by atoms with van der Waals surface area (Å²) in [7, 11) is 0. The maximum absolute atomic E-state index is 12.7. The van der Waals surface area contributed by atoms with Crippen molar-refractivity contribution in [3.05, 3.63) is 42.0 Å². The molecule has 6 rings (SSSR count). The molecule has 8 nitrogen and oxygen atoms in total. The van der Waals surface area contributed by atoms with Gasteiger partial charge in [0.25, 0.3) is 5.91 Å². The molecule has 0 radical (unpaired) electrons. The molecule has 0 bridgehead atoms. The SMILES string of the molecule is CCOc1cc2nc(C3C4COCC43)cn2cc1NC(=O)c1coc(C2CC2)n1. The van der Waals surface area contributed by atoms with E-state index >= 15 is 0 Å². The van der Waals surface area contributed by atoms with E-state index in [0.29, 0.717) is 47.6 Å². The van der Waals surface area contributed by atoms with Gasteiger partial charge < -0.3 is 23.6 Å². The Kier molecular flexibility index (Phi) is 3.71. The zero-order valence-corrected chi connectivity index (χ0v) is 16.1. The first kappa shape index (κ1) is 17.0. The van der Waals surface area contributed by atoms with Crippen molar-refractivity contribution in [1.82, 2.24) is 14.4 Å². The monoisotopic (exact) mass is 394 g/mol. The summed E-state index contributed by atoms with van der Waals surface area (Å²) >= 11 is 0. The number of pyridine rings is 1. The molecular weight excluding hydrogens is 372 g/mol. The quantitative estimate of drug-likeness (QED) is 0.690. The lowest BCUT2D eigenvalue weighted by Crippen LogP contribution is -2.14.